The van der Waals surface area contributed by atoms with Crippen molar-refractivity contribution in [2.45, 2.75) is 71.8 Å². The molecule has 0 unspecified atom stereocenters. The molecule has 0 aliphatic heterocycles. The minimum absolute atomic E-state index is 0.178. The summed E-state index contributed by atoms with van der Waals surface area (Å²) in [5, 5.41) is 0. The average molecular weight is 457 g/mol. The largest absolute Gasteiger partial charge is 0.475 e. The fourth-order valence-corrected chi connectivity index (χ4v) is 5.37. The molecule has 3 rings (SSSR count). The zero-order valence-corrected chi connectivity index (χ0v) is 21.2. The first-order valence-electron chi connectivity index (χ1n) is 11.5. The van der Waals surface area contributed by atoms with Crippen LogP contribution in [0, 0.1) is 0 Å². The molecule has 0 amide bonds. The molecule has 2 aromatic rings. The minimum atomic E-state index is -3.49. The average Bonchev–Trinajstić information content (AvgIpc) is 2.75. The Bertz CT molecular complexity index is 979. The zero-order valence-electron chi connectivity index (χ0n) is 20.3. The molecule has 0 spiro atoms. The van der Waals surface area contributed by atoms with Gasteiger partial charge >= 0.3 is 7.82 Å². The van der Waals surface area contributed by atoms with Crippen LogP contribution in [-0.2, 0) is 35.6 Å². The van der Waals surface area contributed by atoms with Crippen LogP contribution in [0.3, 0.4) is 0 Å². The predicted octanol–water partition coefficient (Wildman–Crippen LogP) is 7.90. The van der Waals surface area contributed by atoms with Crippen molar-refractivity contribution >= 4 is 20.0 Å². The highest BCUT2D eigenvalue weighted by Crippen LogP contribution is 2.50. The summed E-state index contributed by atoms with van der Waals surface area (Å²) in [5.41, 5.74) is 6.63. The van der Waals surface area contributed by atoms with Gasteiger partial charge < -0.3 is 0 Å². The molecule has 0 atom stereocenters. The third kappa shape index (κ3) is 5.99. The molecular formula is C27H37O4P. The standard InChI is InChI=1S/C27H37O4P/c1-7-29-32(28,30-8-2)31-20-23-13-10-21(11-14-23)9-12-22-15-16-24-25(19-22)27(5,6)18-17-26(24,3)4/h9-16,19H,7-8,17-18,20H2,1-6H3. The first-order chi connectivity index (χ1) is 15.1. The van der Waals surface area contributed by atoms with Crippen LogP contribution in [0.5, 0.6) is 0 Å². The molecule has 5 heteroatoms. The predicted molar refractivity (Wildman–Crippen MR) is 133 cm³/mol. The Morgan fingerprint density at radius 3 is 1.91 bits per heavy atom. The Kier molecular flexibility index (Phi) is 7.83. The van der Waals surface area contributed by atoms with E-state index in [1.807, 2.05) is 24.3 Å². The lowest BCUT2D eigenvalue weighted by molar-refractivity contribution is 0.116. The Hall–Kier alpha value is -1.71. The van der Waals surface area contributed by atoms with Gasteiger partial charge in [0.2, 0.25) is 0 Å². The van der Waals surface area contributed by atoms with Crippen molar-refractivity contribution in [2.75, 3.05) is 13.2 Å². The minimum Gasteiger partial charge on any atom is -0.287 e. The van der Waals surface area contributed by atoms with Crippen LogP contribution < -0.4 is 0 Å². The topological polar surface area (TPSA) is 44.8 Å². The summed E-state index contributed by atoms with van der Waals surface area (Å²) in [7, 11) is -3.49. The van der Waals surface area contributed by atoms with Crippen LogP contribution in [0.15, 0.2) is 42.5 Å². The van der Waals surface area contributed by atoms with Gasteiger partial charge in [-0.1, -0.05) is 82.3 Å². The van der Waals surface area contributed by atoms with Crippen molar-refractivity contribution in [3.05, 3.63) is 70.3 Å². The quantitative estimate of drug-likeness (QED) is 0.284. The van der Waals surface area contributed by atoms with E-state index in [-0.39, 0.29) is 30.7 Å². The van der Waals surface area contributed by atoms with Crippen molar-refractivity contribution in [1.29, 1.82) is 0 Å². The number of hydrogen-bond donors (Lipinski definition) is 0. The molecule has 2 aromatic carbocycles. The Morgan fingerprint density at radius 1 is 0.781 bits per heavy atom. The summed E-state index contributed by atoms with van der Waals surface area (Å²) in [6, 6.07) is 14.9. The van der Waals surface area contributed by atoms with Crippen LogP contribution in [-0.4, -0.2) is 13.2 Å². The molecule has 174 valence electrons. The number of fused-ring (bicyclic) bond motifs is 1. The highest BCUT2D eigenvalue weighted by atomic mass is 31.2. The maximum Gasteiger partial charge on any atom is 0.475 e. The smallest absolute Gasteiger partial charge is 0.287 e. The summed E-state index contributed by atoms with van der Waals surface area (Å²) in [6.07, 6.45) is 6.73. The number of phosphoric acid groups is 1. The highest BCUT2D eigenvalue weighted by molar-refractivity contribution is 7.48. The Balaban J connectivity index is 1.70. The highest BCUT2D eigenvalue weighted by Gasteiger charge is 2.36. The lowest BCUT2D eigenvalue weighted by Gasteiger charge is -2.42. The molecule has 1 aliphatic rings. The van der Waals surface area contributed by atoms with Gasteiger partial charge in [0.05, 0.1) is 19.8 Å². The van der Waals surface area contributed by atoms with Crippen molar-refractivity contribution in [2.24, 2.45) is 0 Å². The molecule has 0 saturated heterocycles. The van der Waals surface area contributed by atoms with E-state index in [0.29, 0.717) is 0 Å². The van der Waals surface area contributed by atoms with Crippen LogP contribution >= 0.6 is 7.82 Å². The molecule has 0 N–H and O–H groups in total. The fraction of sp³-hybridized carbons (Fsp3) is 0.481. The molecule has 0 aromatic heterocycles. The van der Waals surface area contributed by atoms with E-state index in [0.717, 1.165) is 11.1 Å². The lowest BCUT2D eigenvalue weighted by atomic mass is 9.63. The summed E-state index contributed by atoms with van der Waals surface area (Å²) < 4.78 is 28.2. The van der Waals surface area contributed by atoms with E-state index < -0.39 is 7.82 Å². The maximum atomic E-state index is 12.4. The maximum absolute atomic E-state index is 12.4. The van der Waals surface area contributed by atoms with E-state index in [9.17, 15) is 4.57 Å². The van der Waals surface area contributed by atoms with Gasteiger partial charge in [-0.2, -0.15) is 0 Å². The molecule has 0 fully saturated rings. The van der Waals surface area contributed by atoms with Gasteiger partial charge in [0, 0.05) is 0 Å². The van der Waals surface area contributed by atoms with Gasteiger partial charge in [-0.3, -0.25) is 13.6 Å². The van der Waals surface area contributed by atoms with Gasteiger partial charge in [-0.15, -0.1) is 0 Å². The first-order valence-corrected chi connectivity index (χ1v) is 13.0. The van der Waals surface area contributed by atoms with Gasteiger partial charge in [-0.05, 0) is 65.3 Å². The summed E-state index contributed by atoms with van der Waals surface area (Å²) >= 11 is 0. The summed E-state index contributed by atoms with van der Waals surface area (Å²) in [4.78, 5) is 0. The molecule has 32 heavy (non-hydrogen) atoms. The first kappa shape index (κ1) is 24.9. The Labute approximate surface area is 193 Å². The van der Waals surface area contributed by atoms with Crippen molar-refractivity contribution in [3.63, 3.8) is 0 Å². The van der Waals surface area contributed by atoms with E-state index >= 15 is 0 Å². The molecule has 1 aliphatic carbocycles. The lowest BCUT2D eigenvalue weighted by Crippen LogP contribution is -2.33. The SMILES string of the molecule is CCOP(=O)(OCC)OCc1ccc(C=Cc2ccc3c(c2)C(C)(C)CCC3(C)C)cc1. The Morgan fingerprint density at radius 2 is 1.31 bits per heavy atom. The van der Waals surface area contributed by atoms with Crippen LogP contribution in [0.2, 0.25) is 0 Å². The number of benzene rings is 2. The summed E-state index contributed by atoms with van der Waals surface area (Å²) in [5.74, 6) is 0. The summed E-state index contributed by atoms with van der Waals surface area (Å²) in [6.45, 7) is 13.7. The van der Waals surface area contributed by atoms with Crippen molar-refractivity contribution in [3.8, 4) is 0 Å². The van der Waals surface area contributed by atoms with Crippen molar-refractivity contribution in [1.82, 2.24) is 0 Å². The van der Waals surface area contributed by atoms with E-state index in [1.54, 1.807) is 13.8 Å². The molecular weight excluding hydrogens is 419 g/mol. The molecule has 0 radical (unpaired) electrons. The molecule has 0 heterocycles. The molecule has 4 nitrogen and oxygen atoms in total. The third-order valence-corrected chi connectivity index (χ3v) is 7.88. The van der Waals surface area contributed by atoms with Crippen LogP contribution in [0.25, 0.3) is 12.2 Å². The number of hydrogen-bond acceptors (Lipinski definition) is 4. The second-order valence-corrected chi connectivity index (χ2v) is 11.4. The second-order valence-electron chi connectivity index (χ2n) is 9.70. The number of phosphoric ester groups is 1. The fourth-order valence-electron chi connectivity index (χ4n) is 4.21. The van der Waals surface area contributed by atoms with Gasteiger partial charge in [0.1, 0.15) is 0 Å². The monoisotopic (exact) mass is 456 g/mol. The molecule has 0 bridgehead atoms. The zero-order chi connectivity index (χ0) is 23.4. The normalized spacial score (nSPS) is 17.4. The van der Waals surface area contributed by atoms with E-state index in [2.05, 4.69) is 58.0 Å². The van der Waals surface area contributed by atoms with E-state index in [4.69, 9.17) is 13.6 Å². The van der Waals surface area contributed by atoms with E-state index in [1.165, 1.54) is 29.5 Å². The van der Waals surface area contributed by atoms with Crippen LogP contribution in [0.1, 0.15) is 82.2 Å². The third-order valence-electron chi connectivity index (χ3n) is 6.29. The van der Waals surface area contributed by atoms with Gasteiger partial charge in [-0.25, -0.2) is 4.57 Å². The van der Waals surface area contributed by atoms with Crippen LogP contribution in [0.4, 0.5) is 0 Å². The molecule has 0 saturated carbocycles. The second kappa shape index (κ2) is 10.1. The van der Waals surface area contributed by atoms with Crippen molar-refractivity contribution < 1.29 is 18.1 Å². The number of rotatable bonds is 9. The van der Waals surface area contributed by atoms with Gasteiger partial charge in [0.25, 0.3) is 0 Å². The van der Waals surface area contributed by atoms with Gasteiger partial charge in [0.15, 0.2) is 0 Å².